The average Bonchev–Trinajstić information content (AvgIpc) is 2.45. The van der Waals surface area contributed by atoms with Gasteiger partial charge < -0.3 is 9.84 Å². The molecule has 4 nitrogen and oxygen atoms in total. The summed E-state index contributed by atoms with van der Waals surface area (Å²) >= 11 is 0. The van der Waals surface area contributed by atoms with Crippen LogP contribution in [0.1, 0.15) is 29.8 Å². The monoisotopic (exact) mass is 272 g/mol. The molecule has 0 spiro atoms. The fourth-order valence-electron chi connectivity index (χ4n) is 1.75. The van der Waals surface area contributed by atoms with Crippen molar-refractivity contribution in [3.05, 3.63) is 59.2 Å². The highest BCUT2D eigenvalue weighted by Crippen LogP contribution is 2.22. The number of hydrogen-bond donors (Lipinski definition) is 1. The van der Waals surface area contributed by atoms with Crippen molar-refractivity contribution in [3.8, 4) is 11.8 Å². The number of halogens is 1. The molecule has 20 heavy (non-hydrogen) atoms. The van der Waals surface area contributed by atoms with E-state index >= 15 is 0 Å². The van der Waals surface area contributed by atoms with Gasteiger partial charge in [-0.1, -0.05) is 6.07 Å². The summed E-state index contributed by atoms with van der Waals surface area (Å²) in [6.45, 7) is 1.62. The predicted molar refractivity (Wildman–Crippen MR) is 70.3 cm³/mol. The van der Waals surface area contributed by atoms with E-state index in [2.05, 4.69) is 4.98 Å². The molecule has 0 radical (unpaired) electrons. The smallest absolute Gasteiger partial charge is 0.147 e. The van der Waals surface area contributed by atoms with Crippen LogP contribution in [-0.4, -0.2) is 10.1 Å². The summed E-state index contributed by atoms with van der Waals surface area (Å²) in [7, 11) is 0. The van der Waals surface area contributed by atoms with Gasteiger partial charge in [-0.05, 0) is 25.1 Å². The van der Waals surface area contributed by atoms with E-state index in [1.807, 2.05) is 6.07 Å². The fourth-order valence-corrected chi connectivity index (χ4v) is 1.75. The number of rotatable bonds is 4. The summed E-state index contributed by atoms with van der Waals surface area (Å²) < 4.78 is 19.1. The summed E-state index contributed by atoms with van der Waals surface area (Å²) in [4.78, 5) is 3.92. The molecule has 5 heteroatoms. The summed E-state index contributed by atoms with van der Waals surface area (Å²) in [6, 6.07) is 9.67. The number of benzene rings is 1. The lowest BCUT2D eigenvalue weighted by Gasteiger charge is -2.10. The van der Waals surface area contributed by atoms with Gasteiger partial charge in [0.05, 0.1) is 6.10 Å². The van der Waals surface area contributed by atoms with Gasteiger partial charge in [-0.2, -0.15) is 5.26 Å². The predicted octanol–water partition coefficient (Wildman–Crippen LogP) is 2.72. The minimum absolute atomic E-state index is 0.129. The molecule has 0 saturated heterocycles. The summed E-state index contributed by atoms with van der Waals surface area (Å²) in [6.07, 6.45) is 0.659. The molecule has 1 N–H and O–H groups in total. The summed E-state index contributed by atoms with van der Waals surface area (Å²) in [5.74, 6) is -0.191. The van der Waals surface area contributed by atoms with Crippen LogP contribution in [0.25, 0.3) is 0 Å². The number of aliphatic hydroxyl groups excluding tert-OH is 1. The van der Waals surface area contributed by atoms with Gasteiger partial charge in [0.15, 0.2) is 0 Å². The number of pyridine rings is 1. The highest BCUT2D eigenvalue weighted by atomic mass is 19.1. The zero-order valence-corrected chi connectivity index (χ0v) is 10.9. The van der Waals surface area contributed by atoms with Crippen LogP contribution in [0, 0.1) is 17.1 Å². The number of ether oxygens (including phenoxy) is 1. The molecule has 1 aromatic carbocycles. The maximum atomic E-state index is 13.7. The molecule has 0 aliphatic carbocycles. The second-order valence-corrected chi connectivity index (χ2v) is 4.27. The number of hydrogen-bond acceptors (Lipinski definition) is 4. The average molecular weight is 272 g/mol. The number of aliphatic hydroxyl groups is 1. The molecule has 2 aromatic rings. The van der Waals surface area contributed by atoms with E-state index in [0.717, 1.165) is 0 Å². The molecule has 0 saturated carbocycles. The molecular formula is C15H13FN2O2. The molecule has 2 rings (SSSR count). The first-order chi connectivity index (χ1) is 9.61. The lowest BCUT2D eigenvalue weighted by atomic mass is 10.1. The third kappa shape index (κ3) is 3.11. The maximum absolute atomic E-state index is 13.7. The van der Waals surface area contributed by atoms with Crippen molar-refractivity contribution < 1.29 is 14.2 Å². The molecule has 0 amide bonds. The third-order valence-electron chi connectivity index (χ3n) is 2.81. The Balaban J connectivity index is 2.12. The first-order valence-electron chi connectivity index (χ1n) is 6.06. The third-order valence-corrected chi connectivity index (χ3v) is 2.81. The second kappa shape index (κ2) is 6.13. The molecule has 1 aromatic heterocycles. The number of nitriles is 1. The Kier molecular flexibility index (Phi) is 4.28. The zero-order valence-electron chi connectivity index (χ0n) is 10.9. The molecule has 1 heterocycles. The van der Waals surface area contributed by atoms with E-state index in [4.69, 9.17) is 10.00 Å². The lowest BCUT2D eigenvalue weighted by Crippen LogP contribution is -2.01. The molecule has 1 atom stereocenters. The van der Waals surface area contributed by atoms with E-state index in [1.54, 1.807) is 18.2 Å². The Labute approximate surface area is 116 Å². The fraction of sp³-hybridized carbons (Fsp3) is 0.200. The van der Waals surface area contributed by atoms with Crippen LogP contribution in [0.4, 0.5) is 4.39 Å². The van der Waals surface area contributed by atoms with Gasteiger partial charge in [-0.15, -0.1) is 0 Å². The van der Waals surface area contributed by atoms with Crippen molar-refractivity contribution in [2.75, 3.05) is 0 Å². The summed E-state index contributed by atoms with van der Waals surface area (Å²) in [5.41, 5.74) is 1.14. The lowest BCUT2D eigenvalue weighted by molar-refractivity contribution is 0.194. The quantitative estimate of drug-likeness (QED) is 0.929. The Morgan fingerprint density at radius 1 is 1.45 bits per heavy atom. The second-order valence-electron chi connectivity index (χ2n) is 4.27. The SMILES string of the molecule is CC(O)c1ccc(OCc2cccnc2C#N)cc1F. The van der Waals surface area contributed by atoms with Crippen LogP contribution in [0.3, 0.4) is 0 Å². The van der Waals surface area contributed by atoms with Crippen molar-refractivity contribution in [2.45, 2.75) is 19.6 Å². The Bertz CT molecular complexity index is 651. The van der Waals surface area contributed by atoms with Crippen LogP contribution >= 0.6 is 0 Å². The van der Waals surface area contributed by atoms with E-state index in [0.29, 0.717) is 11.3 Å². The standard InChI is InChI=1S/C15H13FN2O2/c1-10(19)13-5-4-12(7-14(13)16)20-9-11-3-2-6-18-15(11)8-17/h2-7,10,19H,9H2,1H3. The van der Waals surface area contributed by atoms with E-state index < -0.39 is 11.9 Å². The van der Waals surface area contributed by atoms with Crippen molar-refractivity contribution >= 4 is 0 Å². The first-order valence-corrected chi connectivity index (χ1v) is 6.06. The van der Waals surface area contributed by atoms with Crippen LogP contribution < -0.4 is 4.74 Å². The Morgan fingerprint density at radius 2 is 2.25 bits per heavy atom. The minimum Gasteiger partial charge on any atom is -0.489 e. The topological polar surface area (TPSA) is 66.1 Å². The van der Waals surface area contributed by atoms with Crippen LogP contribution in [0.15, 0.2) is 36.5 Å². The van der Waals surface area contributed by atoms with Crippen molar-refractivity contribution in [3.63, 3.8) is 0 Å². The van der Waals surface area contributed by atoms with Gasteiger partial charge in [0.25, 0.3) is 0 Å². The molecule has 1 unspecified atom stereocenters. The molecule has 102 valence electrons. The molecule has 0 aliphatic heterocycles. The van der Waals surface area contributed by atoms with E-state index in [1.165, 1.54) is 25.3 Å². The van der Waals surface area contributed by atoms with Gasteiger partial charge in [0, 0.05) is 23.4 Å². The van der Waals surface area contributed by atoms with E-state index in [-0.39, 0.29) is 17.9 Å². The number of nitrogens with zero attached hydrogens (tertiary/aromatic N) is 2. The highest BCUT2D eigenvalue weighted by Gasteiger charge is 2.10. The van der Waals surface area contributed by atoms with Gasteiger partial charge in [0.2, 0.25) is 0 Å². The van der Waals surface area contributed by atoms with Crippen molar-refractivity contribution in [1.82, 2.24) is 4.98 Å². The van der Waals surface area contributed by atoms with E-state index in [9.17, 15) is 9.50 Å². The Hall–Kier alpha value is -2.45. The highest BCUT2D eigenvalue weighted by molar-refractivity contribution is 5.32. The van der Waals surface area contributed by atoms with Crippen LogP contribution in [0.2, 0.25) is 0 Å². The Morgan fingerprint density at radius 3 is 2.90 bits per heavy atom. The minimum atomic E-state index is -0.868. The molecule has 0 bridgehead atoms. The van der Waals surface area contributed by atoms with Gasteiger partial charge >= 0.3 is 0 Å². The maximum Gasteiger partial charge on any atom is 0.147 e. The number of aromatic nitrogens is 1. The van der Waals surface area contributed by atoms with Crippen LogP contribution in [-0.2, 0) is 6.61 Å². The van der Waals surface area contributed by atoms with Crippen LogP contribution in [0.5, 0.6) is 5.75 Å². The largest absolute Gasteiger partial charge is 0.489 e. The summed E-state index contributed by atoms with van der Waals surface area (Å²) in [5, 5.41) is 18.2. The van der Waals surface area contributed by atoms with Gasteiger partial charge in [-0.25, -0.2) is 9.37 Å². The van der Waals surface area contributed by atoms with Gasteiger partial charge in [-0.3, -0.25) is 0 Å². The first kappa shape index (κ1) is 14.0. The van der Waals surface area contributed by atoms with Crippen molar-refractivity contribution in [2.24, 2.45) is 0 Å². The normalized spacial score (nSPS) is 11.7. The molecule has 0 aliphatic rings. The zero-order chi connectivity index (χ0) is 14.5. The van der Waals surface area contributed by atoms with Gasteiger partial charge in [0.1, 0.15) is 29.9 Å². The molecular weight excluding hydrogens is 259 g/mol. The molecule has 0 fully saturated rings. The van der Waals surface area contributed by atoms with Crippen molar-refractivity contribution in [1.29, 1.82) is 5.26 Å².